The third-order valence-corrected chi connectivity index (χ3v) is 2.61. The van der Waals surface area contributed by atoms with Gasteiger partial charge in [0.25, 0.3) is 11.8 Å². The maximum Gasteiger partial charge on any atom is 0.286 e. The van der Waals surface area contributed by atoms with Crippen molar-refractivity contribution in [1.29, 1.82) is 0 Å². The molecule has 0 atom stereocenters. The minimum atomic E-state index is -0.254. The predicted octanol–water partition coefficient (Wildman–Crippen LogP) is 1.22. The van der Waals surface area contributed by atoms with Crippen LogP contribution in [0.15, 0.2) is 47.3 Å². The summed E-state index contributed by atoms with van der Waals surface area (Å²) in [4.78, 5) is 27.1. The summed E-state index contributed by atoms with van der Waals surface area (Å²) in [5, 5.41) is 5.47. The molecule has 0 unspecified atom stereocenters. The average molecular weight is 273 g/mol. The smallest absolute Gasteiger partial charge is 0.286 e. The molecule has 2 N–H and O–H groups in total. The first-order valence-electron chi connectivity index (χ1n) is 6.27. The largest absolute Gasteiger partial charge is 0.459 e. The topological polar surface area (TPSA) is 84.2 Å². The Kier molecular flexibility index (Phi) is 4.88. The fourth-order valence-corrected chi connectivity index (χ4v) is 1.59. The Morgan fingerprint density at radius 1 is 1.05 bits per heavy atom. The summed E-state index contributed by atoms with van der Waals surface area (Å²) >= 11 is 0. The molecular formula is C14H15N3O3. The molecule has 0 spiro atoms. The number of hydrogen-bond donors (Lipinski definition) is 2. The molecule has 0 saturated carbocycles. The van der Waals surface area contributed by atoms with Crippen molar-refractivity contribution in [3.63, 3.8) is 0 Å². The number of pyridine rings is 1. The van der Waals surface area contributed by atoms with Gasteiger partial charge in [-0.1, -0.05) is 0 Å². The van der Waals surface area contributed by atoms with Crippen LogP contribution in [0.3, 0.4) is 0 Å². The third kappa shape index (κ3) is 3.94. The summed E-state index contributed by atoms with van der Waals surface area (Å²) in [6.07, 6.45) is 5.23. The van der Waals surface area contributed by atoms with Crippen LogP contribution in [0, 0.1) is 0 Å². The molecule has 2 amide bonds. The average Bonchev–Trinajstić information content (AvgIpc) is 3.01. The molecule has 2 rings (SSSR count). The quantitative estimate of drug-likeness (QED) is 0.775. The van der Waals surface area contributed by atoms with Crippen molar-refractivity contribution < 1.29 is 14.0 Å². The Hall–Kier alpha value is -2.63. The molecule has 0 aromatic carbocycles. The number of carbonyl (C=O) groups excluding carboxylic acids is 2. The van der Waals surface area contributed by atoms with Gasteiger partial charge in [0.05, 0.1) is 6.26 Å². The van der Waals surface area contributed by atoms with Gasteiger partial charge in [-0.05, 0) is 30.7 Å². The minimum absolute atomic E-state index is 0.148. The zero-order valence-corrected chi connectivity index (χ0v) is 10.8. The van der Waals surface area contributed by atoms with Crippen molar-refractivity contribution in [2.75, 3.05) is 13.1 Å². The van der Waals surface area contributed by atoms with E-state index >= 15 is 0 Å². The van der Waals surface area contributed by atoms with Crippen LogP contribution in [0.25, 0.3) is 0 Å². The molecule has 0 bridgehead atoms. The van der Waals surface area contributed by atoms with Gasteiger partial charge in [0.1, 0.15) is 0 Å². The lowest BCUT2D eigenvalue weighted by Crippen LogP contribution is -2.29. The highest BCUT2D eigenvalue weighted by Crippen LogP contribution is 1.99. The Morgan fingerprint density at radius 3 is 2.40 bits per heavy atom. The van der Waals surface area contributed by atoms with Crippen molar-refractivity contribution in [3.8, 4) is 0 Å². The fraction of sp³-hybridized carbons (Fsp3) is 0.214. The molecule has 2 aromatic rings. The number of aromatic nitrogens is 1. The Balaban J connectivity index is 1.62. The summed E-state index contributed by atoms with van der Waals surface area (Å²) in [5.41, 5.74) is 0.569. The van der Waals surface area contributed by atoms with E-state index in [1.54, 1.807) is 36.7 Å². The van der Waals surface area contributed by atoms with E-state index in [0.717, 1.165) is 0 Å². The lowest BCUT2D eigenvalue weighted by molar-refractivity contribution is 0.0925. The molecule has 0 fully saturated rings. The van der Waals surface area contributed by atoms with Gasteiger partial charge < -0.3 is 15.1 Å². The van der Waals surface area contributed by atoms with Crippen LogP contribution in [0.4, 0.5) is 0 Å². The first kappa shape index (κ1) is 13.8. The van der Waals surface area contributed by atoms with E-state index in [9.17, 15) is 9.59 Å². The molecule has 0 aliphatic rings. The number of carbonyl (C=O) groups is 2. The lowest BCUT2D eigenvalue weighted by Gasteiger charge is -2.05. The first-order valence-corrected chi connectivity index (χ1v) is 6.27. The van der Waals surface area contributed by atoms with Gasteiger partial charge in [-0.2, -0.15) is 0 Å². The van der Waals surface area contributed by atoms with E-state index < -0.39 is 0 Å². The van der Waals surface area contributed by atoms with E-state index in [1.165, 1.54) is 6.26 Å². The summed E-state index contributed by atoms with van der Waals surface area (Å²) in [7, 11) is 0. The lowest BCUT2D eigenvalue weighted by atomic mass is 10.2. The van der Waals surface area contributed by atoms with E-state index in [-0.39, 0.29) is 17.6 Å². The third-order valence-electron chi connectivity index (χ3n) is 2.61. The SMILES string of the molecule is O=C(NCCCNC(=O)c1ccco1)c1ccncc1. The summed E-state index contributed by atoms with van der Waals surface area (Å²) in [6.45, 7) is 0.954. The normalized spacial score (nSPS) is 10.0. The van der Waals surface area contributed by atoms with Crippen LogP contribution in [0.5, 0.6) is 0 Å². The molecule has 104 valence electrons. The summed E-state index contributed by atoms with van der Waals surface area (Å²) < 4.78 is 4.96. The van der Waals surface area contributed by atoms with E-state index in [4.69, 9.17) is 4.42 Å². The van der Waals surface area contributed by atoms with Crippen LogP contribution in [-0.2, 0) is 0 Å². The number of amides is 2. The van der Waals surface area contributed by atoms with Crippen molar-refractivity contribution in [2.24, 2.45) is 0 Å². The maximum absolute atomic E-state index is 11.7. The Bertz CT molecular complexity index is 552. The van der Waals surface area contributed by atoms with Crippen molar-refractivity contribution in [3.05, 3.63) is 54.2 Å². The van der Waals surface area contributed by atoms with Gasteiger partial charge in [0, 0.05) is 31.0 Å². The number of nitrogens with one attached hydrogen (secondary N) is 2. The number of rotatable bonds is 6. The van der Waals surface area contributed by atoms with Gasteiger partial charge in [0.15, 0.2) is 5.76 Å². The van der Waals surface area contributed by atoms with Crippen LogP contribution < -0.4 is 10.6 Å². The first-order chi connectivity index (χ1) is 9.77. The maximum atomic E-state index is 11.7. The monoisotopic (exact) mass is 273 g/mol. The van der Waals surface area contributed by atoms with Crippen molar-refractivity contribution >= 4 is 11.8 Å². The molecule has 0 aliphatic carbocycles. The zero-order valence-electron chi connectivity index (χ0n) is 10.8. The van der Waals surface area contributed by atoms with Crippen molar-refractivity contribution in [2.45, 2.75) is 6.42 Å². The van der Waals surface area contributed by atoms with Gasteiger partial charge >= 0.3 is 0 Å². The van der Waals surface area contributed by atoms with Gasteiger partial charge in [-0.15, -0.1) is 0 Å². The molecule has 0 radical (unpaired) electrons. The van der Waals surface area contributed by atoms with Gasteiger partial charge in [-0.3, -0.25) is 14.6 Å². The second kappa shape index (κ2) is 7.08. The highest BCUT2D eigenvalue weighted by Gasteiger charge is 2.07. The minimum Gasteiger partial charge on any atom is -0.459 e. The van der Waals surface area contributed by atoms with Crippen LogP contribution in [0.1, 0.15) is 27.3 Å². The van der Waals surface area contributed by atoms with E-state index in [2.05, 4.69) is 15.6 Å². The standard InChI is InChI=1S/C14H15N3O3/c18-13(11-4-8-15-9-5-11)16-6-2-7-17-14(19)12-3-1-10-20-12/h1,3-5,8-10H,2,6-7H2,(H,16,18)(H,17,19). The molecular weight excluding hydrogens is 258 g/mol. The van der Waals surface area contributed by atoms with Crippen LogP contribution >= 0.6 is 0 Å². The number of hydrogen-bond acceptors (Lipinski definition) is 4. The highest BCUT2D eigenvalue weighted by molar-refractivity contribution is 5.94. The van der Waals surface area contributed by atoms with Crippen LogP contribution in [-0.4, -0.2) is 29.9 Å². The molecule has 20 heavy (non-hydrogen) atoms. The van der Waals surface area contributed by atoms with E-state index in [0.29, 0.717) is 25.1 Å². The van der Waals surface area contributed by atoms with E-state index in [1.807, 2.05) is 0 Å². The summed E-state index contributed by atoms with van der Waals surface area (Å²) in [5.74, 6) is -0.119. The molecule has 2 heterocycles. The van der Waals surface area contributed by atoms with Gasteiger partial charge in [-0.25, -0.2) is 0 Å². The number of nitrogens with zero attached hydrogens (tertiary/aromatic N) is 1. The van der Waals surface area contributed by atoms with Gasteiger partial charge in [0.2, 0.25) is 0 Å². The Labute approximate surface area is 116 Å². The second-order valence-electron chi connectivity index (χ2n) is 4.08. The molecule has 6 nitrogen and oxygen atoms in total. The molecule has 0 saturated heterocycles. The number of furan rings is 1. The highest BCUT2D eigenvalue weighted by atomic mass is 16.3. The zero-order chi connectivity index (χ0) is 14.2. The van der Waals surface area contributed by atoms with Crippen LogP contribution in [0.2, 0.25) is 0 Å². The predicted molar refractivity (Wildman–Crippen MR) is 72.2 cm³/mol. The molecule has 0 aliphatic heterocycles. The molecule has 6 heteroatoms. The van der Waals surface area contributed by atoms with Crippen molar-refractivity contribution in [1.82, 2.24) is 15.6 Å². The summed E-state index contributed by atoms with van der Waals surface area (Å²) in [6, 6.07) is 6.55. The fourth-order valence-electron chi connectivity index (χ4n) is 1.59. The second-order valence-corrected chi connectivity index (χ2v) is 4.08. The molecule has 2 aromatic heterocycles. The Morgan fingerprint density at radius 2 is 1.75 bits per heavy atom.